The fraction of sp³-hybridized carbons (Fsp3) is 0.263. The van der Waals surface area contributed by atoms with Crippen molar-refractivity contribution in [3.8, 4) is 5.88 Å². The molecule has 0 spiro atoms. The Bertz CT molecular complexity index is 1070. The van der Waals surface area contributed by atoms with Crippen LogP contribution < -0.4 is 4.90 Å². The van der Waals surface area contributed by atoms with E-state index in [1.54, 1.807) is 11.3 Å². The molecule has 1 atom stereocenters. The second-order valence-electron chi connectivity index (χ2n) is 6.66. The van der Waals surface area contributed by atoms with E-state index in [2.05, 4.69) is 31.3 Å². The van der Waals surface area contributed by atoms with Crippen molar-refractivity contribution < 1.29 is 9.50 Å². The first-order valence-electron chi connectivity index (χ1n) is 9.00. The molecule has 1 aliphatic heterocycles. The Morgan fingerprint density at radius 1 is 1.07 bits per heavy atom. The summed E-state index contributed by atoms with van der Waals surface area (Å²) in [5.41, 5.74) is 1.04. The van der Waals surface area contributed by atoms with Gasteiger partial charge in [0.2, 0.25) is 10.8 Å². The number of halogens is 1. The summed E-state index contributed by atoms with van der Waals surface area (Å²) in [5.74, 6) is -0.0520. The number of thiazole rings is 1. The Morgan fingerprint density at radius 2 is 1.86 bits per heavy atom. The lowest BCUT2D eigenvalue weighted by Gasteiger charge is -2.39. The van der Waals surface area contributed by atoms with Crippen molar-refractivity contribution in [1.82, 2.24) is 19.5 Å². The van der Waals surface area contributed by atoms with E-state index >= 15 is 0 Å². The number of benzene rings is 1. The molecule has 0 amide bonds. The van der Waals surface area contributed by atoms with E-state index in [1.165, 1.54) is 39.2 Å². The van der Waals surface area contributed by atoms with Gasteiger partial charge >= 0.3 is 0 Å². The predicted molar refractivity (Wildman–Crippen MR) is 109 cm³/mol. The molecular weight excluding hydrogens is 397 g/mol. The van der Waals surface area contributed by atoms with Gasteiger partial charge in [-0.3, -0.25) is 4.90 Å². The molecule has 1 N–H and O–H groups in total. The fourth-order valence-electron chi connectivity index (χ4n) is 3.68. The van der Waals surface area contributed by atoms with Crippen molar-refractivity contribution in [2.75, 3.05) is 31.1 Å². The molecule has 5 rings (SSSR count). The smallest absolute Gasteiger partial charge is 0.230 e. The van der Waals surface area contributed by atoms with Gasteiger partial charge in [0.15, 0.2) is 0 Å². The van der Waals surface area contributed by atoms with Gasteiger partial charge in [0, 0.05) is 36.7 Å². The highest BCUT2D eigenvalue weighted by molar-refractivity contribution is 7.17. The number of fused-ring (bicyclic) bond motifs is 1. The maximum atomic E-state index is 13.2. The molecule has 6 nitrogen and oxygen atoms in total. The maximum absolute atomic E-state index is 13.2. The largest absolute Gasteiger partial charge is 0.492 e. The molecule has 0 aliphatic carbocycles. The molecule has 1 saturated heterocycles. The van der Waals surface area contributed by atoms with Crippen LogP contribution in [0.25, 0.3) is 4.96 Å². The molecule has 3 aromatic heterocycles. The summed E-state index contributed by atoms with van der Waals surface area (Å²) in [5, 5.41) is 16.9. The summed E-state index contributed by atoms with van der Waals surface area (Å²) in [7, 11) is 0. The van der Waals surface area contributed by atoms with Gasteiger partial charge in [0.25, 0.3) is 0 Å². The van der Waals surface area contributed by atoms with Crippen molar-refractivity contribution >= 4 is 33.3 Å². The minimum absolute atomic E-state index is 0.0242. The second kappa shape index (κ2) is 7.16. The molecule has 1 fully saturated rings. The van der Waals surface area contributed by atoms with E-state index in [4.69, 9.17) is 0 Å². The average molecular weight is 416 g/mol. The highest BCUT2D eigenvalue weighted by atomic mass is 32.1. The molecule has 0 bridgehead atoms. The topological polar surface area (TPSA) is 56.9 Å². The van der Waals surface area contributed by atoms with Gasteiger partial charge in [0.05, 0.1) is 10.9 Å². The number of aromatic hydroxyl groups is 1. The Hall–Kier alpha value is -2.49. The van der Waals surface area contributed by atoms with Gasteiger partial charge in [-0.25, -0.2) is 9.37 Å². The van der Waals surface area contributed by atoms with E-state index in [0.717, 1.165) is 36.7 Å². The molecule has 0 radical (unpaired) electrons. The van der Waals surface area contributed by atoms with Crippen LogP contribution in [0.4, 0.5) is 10.1 Å². The molecule has 1 aromatic carbocycles. The lowest BCUT2D eigenvalue weighted by atomic mass is 10.1. The lowest BCUT2D eigenvalue weighted by Crippen LogP contribution is -2.47. The van der Waals surface area contributed by atoms with Gasteiger partial charge < -0.3 is 10.0 Å². The van der Waals surface area contributed by atoms with Crippen molar-refractivity contribution in [1.29, 1.82) is 0 Å². The van der Waals surface area contributed by atoms with E-state index in [-0.39, 0.29) is 17.7 Å². The zero-order chi connectivity index (χ0) is 19.1. The van der Waals surface area contributed by atoms with Gasteiger partial charge in [-0.2, -0.15) is 9.61 Å². The molecule has 0 unspecified atom stereocenters. The molecule has 28 heavy (non-hydrogen) atoms. The average Bonchev–Trinajstić information content (AvgIpc) is 3.45. The second-order valence-corrected chi connectivity index (χ2v) is 8.65. The minimum Gasteiger partial charge on any atom is -0.492 e. The van der Waals surface area contributed by atoms with E-state index in [1.807, 2.05) is 18.2 Å². The first kappa shape index (κ1) is 17.6. The Labute approximate surface area is 169 Å². The summed E-state index contributed by atoms with van der Waals surface area (Å²) >= 11 is 3.17. The minimum atomic E-state index is -0.216. The number of rotatable bonds is 4. The summed E-state index contributed by atoms with van der Waals surface area (Å²) in [6, 6.07) is 10.8. The van der Waals surface area contributed by atoms with Crippen molar-refractivity contribution in [2.45, 2.75) is 6.04 Å². The molecule has 4 heterocycles. The molecule has 9 heteroatoms. The number of piperazine rings is 1. The van der Waals surface area contributed by atoms with E-state index in [9.17, 15) is 9.50 Å². The SMILES string of the molecule is Oc1c([C@H](c2cccs2)N2CCN(c3ccc(F)cc3)CC2)sc2ncnn12. The number of aromatic nitrogens is 3. The van der Waals surface area contributed by atoms with Crippen LogP contribution in [0.1, 0.15) is 15.8 Å². The molecule has 4 aromatic rings. The summed E-state index contributed by atoms with van der Waals surface area (Å²) < 4.78 is 14.7. The van der Waals surface area contributed by atoms with Crippen LogP contribution in [0.15, 0.2) is 48.1 Å². The number of thiophene rings is 1. The summed E-state index contributed by atoms with van der Waals surface area (Å²) in [6.45, 7) is 3.37. The first-order chi connectivity index (χ1) is 13.7. The van der Waals surface area contributed by atoms with Crippen molar-refractivity contribution in [3.05, 3.63) is 63.7 Å². The number of anilines is 1. The standard InChI is InChI=1S/C19H18FN5OS2/c20-13-3-5-14(6-4-13)23-7-9-24(10-8-23)16(15-2-1-11-27-15)17-18(26)25-19(28-17)21-12-22-25/h1-6,11-12,16,26H,7-10H2/t16-/m0/s1. The highest BCUT2D eigenvalue weighted by Crippen LogP contribution is 2.41. The predicted octanol–water partition coefficient (Wildman–Crippen LogP) is 3.61. The van der Waals surface area contributed by atoms with Crippen molar-refractivity contribution in [3.63, 3.8) is 0 Å². The quantitative estimate of drug-likeness (QED) is 0.552. The van der Waals surface area contributed by atoms with Crippen LogP contribution in [-0.2, 0) is 0 Å². The first-order valence-corrected chi connectivity index (χ1v) is 10.7. The summed E-state index contributed by atoms with van der Waals surface area (Å²) in [6.07, 6.45) is 1.46. The zero-order valence-electron chi connectivity index (χ0n) is 14.9. The van der Waals surface area contributed by atoms with E-state index in [0.29, 0.717) is 4.96 Å². The van der Waals surface area contributed by atoms with Gasteiger partial charge in [-0.15, -0.1) is 11.3 Å². The molecular formula is C19H18FN5OS2. The lowest BCUT2D eigenvalue weighted by molar-refractivity contribution is 0.213. The van der Waals surface area contributed by atoms with Crippen LogP contribution >= 0.6 is 22.7 Å². The third kappa shape index (κ3) is 3.05. The van der Waals surface area contributed by atoms with Crippen LogP contribution in [0.5, 0.6) is 5.88 Å². The van der Waals surface area contributed by atoms with Gasteiger partial charge in [-0.05, 0) is 35.7 Å². The Kier molecular flexibility index (Phi) is 4.50. The van der Waals surface area contributed by atoms with Gasteiger partial charge in [-0.1, -0.05) is 17.4 Å². The molecule has 0 saturated carbocycles. The third-order valence-electron chi connectivity index (χ3n) is 5.07. The van der Waals surface area contributed by atoms with Gasteiger partial charge in [0.1, 0.15) is 12.1 Å². The maximum Gasteiger partial charge on any atom is 0.230 e. The van der Waals surface area contributed by atoms with Crippen LogP contribution in [-0.4, -0.2) is 50.8 Å². The normalized spacial score (nSPS) is 16.7. The number of nitrogens with zero attached hydrogens (tertiary/aromatic N) is 5. The molecule has 144 valence electrons. The van der Waals surface area contributed by atoms with Crippen LogP contribution in [0, 0.1) is 5.82 Å². The number of hydrogen-bond donors (Lipinski definition) is 1. The van der Waals surface area contributed by atoms with Crippen LogP contribution in [0.3, 0.4) is 0 Å². The Balaban J connectivity index is 1.42. The van der Waals surface area contributed by atoms with Crippen molar-refractivity contribution in [2.24, 2.45) is 0 Å². The number of hydrogen-bond acceptors (Lipinski definition) is 7. The van der Waals surface area contributed by atoms with E-state index < -0.39 is 0 Å². The molecule has 1 aliphatic rings. The van der Waals surface area contributed by atoms with Crippen LogP contribution in [0.2, 0.25) is 0 Å². The fourth-order valence-corrected chi connectivity index (χ4v) is 5.71. The zero-order valence-corrected chi connectivity index (χ0v) is 16.5. The summed E-state index contributed by atoms with van der Waals surface area (Å²) in [4.78, 5) is 11.6. The third-order valence-corrected chi connectivity index (χ3v) is 7.08. The monoisotopic (exact) mass is 415 g/mol. The highest BCUT2D eigenvalue weighted by Gasteiger charge is 2.32. The Morgan fingerprint density at radius 3 is 2.54 bits per heavy atom.